The maximum Gasteiger partial charge on any atom is 0.261 e. The van der Waals surface area contributed by atoms with Gasteiger partial charge < -0.3 is 10.1 Å². The number of carbonyl (C=O) groups is 1. The lowest BCUT2D eigenvalue weighted by atomic mass is 10.3. The molecule has 0 aliphatic heterocycles. The third-order valence-corrected chi connectivity index (χ3v) is 3.55. The second-order valence-corrected chi connectivity index (χ2v) is 5.41. The van der Waals surface area contributed by atoms with E-state index in [1.807, 2.05) is 28.8 Å². The van der Waals surface area contributed by atoms with E-state index in [4.69, 9.17) is 16.3 Å². The van der Waals surface area contributed by atoms with Gasteiger partial charge in [0.25, 0.3) is 5.91 Å². The average molecular weight is 331 g/mol. The number of nitrogens with one attached hydrogen (secondary N) is 1. The van der Waals surface area contributed by atoms with Crippen molar-refractivity contribution in [3.8, 4) is 5.75 Å². The van der Waals surface area contributed by atoms with Crippen LogP contribution in [-0.2, 0) is 11.3 Å². The molecule has 0 aliphatic carbocycles. The van der Waals surface area contributed by atoms with Gasteiger partial charge in [0, 0.05) is 11.2 Å². The number of rotatable bonds is 5. The minimum atomic E-state index is -0.629. The predicted octanol–water partition coefficient (Wildman–Crippen LogP) is 2.47. The maximum atomic E-state index is 12.1. The number of hydrogen-bond acceptors (Lipinski definition) is 4. The van der Waals surface area contributed by atoms with Crippen LogP contribution in [0.4, 0.5) is 0 Å². The molecule has 0 spiro atoms. The van der Waals surface area contributed by atoms with Gasteiger partial charge in [0.1, 0.15) is 5.75 Å². The SMILES string of the molecule is C[C@H](Oc1ccc(Cl)cc1)C(=O)NCc1nnc2ccccn12. The molecule has 3 aromatic rings. The lowest BCUT2D eigenvalue weighted by Gasteiger charge is -2.14. The molecule has 0 fully saturated rings. The minimum Gasteiger partial charge on any atom is -0.481 e. The Bertz CT molecular complexity index is 816. The molecule has 0 saturated carbocycles. The zero-order chi connectivity index (χ0) is 16.2. The Morgan fingerprint density at radius 2 is 2.04 bits per heavy atom. The average Bonchev–Trinajstić information content (AvgIpc) is 2.98. The molecule has 118 valence electrons. The van der Waals surface area contributed by atoms with E-state index in [1.54, 1.807) is 31.2 Å². The van der Waals surface area contributed by atoms with Crippen LogP contribution in [0.3, 0.4) is 0 Å². The van der Waals surface area contributed by atoms with Crippen molar-refractivity contribution in [2.45, 2.75) is 19.6 Å². The fourth-order valence-electron chi connectivity index (χ4n) is 2.09. The number of aromatic nitrogens is 3. The molecule has 3 rings (SSSR count). The van der Waals surface area contributed by atoms with Crippen LogP contribution in [0.5, 0.6) is 5.75 Å². The van der Waals surface area contributed by atoms with Crippen LogP contribution in [0.2, 0.25) is 5.02 Å². The molecular formula is C16H15ClN4O2. The molecule has 7 heteroatoms. The Hall–Kier alpha value is -2.60. The Labute approximate surface area is 138 Å². The van der Waals surface area contributed by atoms with Crippen molar-refractivity contribution >= 4 is 23.2 Å². The van der Waals surface area contributed by atoms with E-state index in [1.165, 1.54) is 0 Å². The molecule has 0 radical (unpaired) electrons. The third-order valence-electron chi connectivity index (χ3n) is 3.30. The second kappa shape index (κ2) is 6.66. The molecule has 0 bridgehead atoms. The summed E-state index contributed by atoms with van der Waals surface area (Å²) in [4.78, 5) is 12.1. The molecule has 6 nitrogen and oxygen atoms in total. The summed E-state index contributed by atoms with van der Waals surface area (Å²) in [6.45, 7) is 1.96. The number of carbonyl (C=O) groups excluding carboxylic acids is 1. The summed E-state index contributed by atoms with van der Waals surface area (Å²) < 4.78 is 7.40. The van der Waals surface area contributed by atoms with Crippen molar-refractivity contribution in [1.29, 1.82) is 0 Å². The smallest absolute Gasteiger partial charge is 0.261 e. The van der Waals surface area contributed by atoms with Gasteiger partial charge in [-0.25, -0.2) is 0 Å². The van der Waals surface area contributed by atoms with Crippen LogP contribution in [-0.4, -0.2) is 26.6 Å². The first-order valence-corrected chi connectivity index (χ1v) is 7.50. The van der Waals surface area contributed by atoms with Crippen LogP contribution in [0.15, 0.2) is 48.7 Å². The first-order chi connectivity index (χ1) is 11.1. The number of halogens is 1. The van der Waals surface area contributed by atoms with Gasteiger partial charge in [0.15, 0.2) is 17.6 Å². The number of amides is 1. The summed E-state index contributed by atoms with van der Waals surface area (Å²) in [6, 6.07) is 12.5. The first kappa shape index (κ1) is 15.3. The van der Waals surface area contributed by atoms with Gasteiger partial charge in [-0.05, 0) is 43.3 Å². The van der Waals surface area contributed by atoms with Crippen molar-refractivity contribution in [3.05, 3.63) is 59.5 Å². The number of fused-ring (bicyclic) bond motifs is 1. The van der Waals surface area contributed by atoms with Crippen molar-refractivity contribution in [2.24, 2.45) is 0 Å². The summed E-state index contributed by atoms with van der Waals surface area (Å²) in [7, 11) is 0. The van der Waals surface area contributed by atoms with E-state index in [0.29, 0.717) is 16.6 Å². The molecule has 2 aromatic heterocycles. The number of benzene rings is 1. The first-order valence-electron chi connectivity index (χ1n) is 7.12. The Morgan fingerprint density at radius 3 is 2.83 bits per heavy atom. The molecule has 0 saturated heterocycles. The van der Waals surface area contributed by atoms with Crippen LogP contribution in [0.1, 0.15) is 12.7 Å². The molecule has 1 N–H and O–H groups in total. The fourth-order valence-corrected chi connectivity index (χ4v) is 2.22. The van der Waals surface area contributed by atoms with Gasteiger partial charge in [-0.2, -0.15) is 0 Å². The number of pyridine rings is 1. The molecular weight excluding hydrogens is 316 g/mol. The highest BCUT2D eigenvalue weighted by Gasteiger charge is 2.15. The lowest BCUT2D eigenvalue weighted by Crippen LogP contribution is -2.36. The topological polar surface area (TPSA) is 68.5 Å². The number of hydrogen-bond donors (Lipinski definition) is 1. The summed E-state index contributed by atoms with van der Waals surface area (Å²) in [5.41, 5.74) is 0.738. The van der Waals surface area contributed by atoms with Gasteiger partial charge in [-0.3, -0.25) is 9.20 Å². The van der Waals surface area contributed by atoms with Gasteiger partial charge in [-0.1, -0.05) is 17.7 Å². The zero-order valence-corrected chi connectivity index (χ0v) is 13.2. The summed E-state index contributed by atoms with van der Waals surface area (Å²) >= 11 is 5.82. The standard InChI is InChI=1S/C16H15ClN4O2/c1-11(23-13-7-5-12(17)6-8-13)16(22)18-10-15-20-19-14-4-2-3-9-21(14)15/h2-9,11H,10H2,1H3,(H,18,22)/t11-/m0/s1. The highest BCUT2D eigenvalue weighted by molar-refractivity contribution is 6.30. The number of nitrogens with zero attached hydrogens (tertiary/aromatic N) is 3. The summed E-state index contributed by atoms with van der Waals surface area (Å²) in [6.07, 6.45) is 1.22. The molecule has 1 amide bonds. The van der Waals surface area contributed by atoms with Crippen molar-refractivity contribution in [2.75, 3.05) is 0 Å². The van der Waals surface area contributed by atoms with Crippen molar-refractivity contribution in [1.82, 2.24) is 19.9 Å². The Kier molecular flexibility index (Phi) is 4.43. The number of ether oxygens (including phenoxy) is 1. The van der Waals surface area contributed by atoms with Crippen LogP contribution < -0.4 is 10.1 Å². The quantitative estimate of drug-likeness (QED) is 0.780. The van der Waals surface area contributed by atoms with E-state index in [0.717, 1.165) is 5.65 Å². The zero-order valence-electron chi connectivity index (χ0n) is 12.4. The van der Waals surface area contributed by atoms with E-state index in [9.17, 15) is 4.79 Å². The predicted molar refractivity (Wildman–Crippen MR) is 86.4 cm³/mol. The Morgan fingerprint density at radius 1 is 1.26 bits per heavy atom. The molecule has 1 atom stereocenters. The van der Waals surface area contributed by atoms with Crippen molar-refractivity contribution in [3.63, 3.8) is 0 Å². The Balaban J connectivity index is 1.59. The largest absolute Gasteiger partial charge is 0.481 e. The van der Waals surface area contributed by atoms with E-state index in [2.05, 4.69) is 15.5 Å². The van der Waals surface area contributed by atoms with Gasteiger partial charge >= 0.3 is 0 Å². The van der Waals surface area contributed by atoms with Crippen LogP contribution in [0, 0.1) is 0 Å². The highest BCUT2D eigenvalue weighted by Crippen LogP contribution is 2.16. The van der Waals surface area contributed by atoms with Crippen molar-refractivity contribution < 1.29 is 9.53 Å². The maximum absolute atomic E-state index is 12.1. The van der Waals surface area contributed by atoms with E-state index < -0.39 is 6.10 Å². The molecule has 1 aromatic carbocycles. The summed E-state index contributed by atoms with van der Waals surface area (Å²) in [5.74, 6) is 1.02. The molecule has 0 unspecified atom stereocenters. The van der Waals surface area contributed by atoms with Gasteiger partial charge in [-0.15, -0.1) is 10.2 Å². The lowest BCUT2D eigenvalue weighted by molar-refractivity contribution is -0.127. The monoisotopic (exact) mass is 330 g/mol. The van der Waals surface area contributed by atoms with E-state index >= 15 is 0 Å². The summed E-state index contributed by atoms with van der Waals surface area (Å²) in [5, 5.41) is 11.5. The fraction of sp³-hybridized carbons (Fsp3) is 0.188. The molecule has 2 heterocycles. The third kappa shape index (κ3) is 3.60. The molecule has 0 aliphatic rings. The normalized spacial score (nSPS) is 12.1. The minimum absolute atomic E-state index is 0.229. The van der Waals surface area contributed by atoms with Crippen LogP contribution >= 0.6 is 11.6 Å². The van der Waals surface area contributed by atoms with E-state index in [-0.39, 0.29) is 12.5 Å². The second-order valence-electron chi connectivity index (χ2n) is 4.98. The molecule has 23 heavy (non-hydrogen) atoms. The van der Waals surface area contributed by atoms with Gasteiger partial charge in [0.2, 0.25) is 0 Å². The highest BCUT2D eigenvalue weighted by atomic mass is 35.5. The van der Waals surface area contributed by atoms with Gasteiger partial charge in [0.05, 0.1) is 6.54 Å². The van der Waals surface area contributed by atoms with Crippen LogP contribution in [0.25, 0.3) is 5.65 Å².